The Labute approximate surface area is 104 Å². The van der Waals surface area contributed by atoms with Crippen LogP contribution in [-0.4, -0.2) is 28.0 Å². The smallest absolute Gasteiger partial charge is 0.326 e. The van der Waals surface area contributed by atoms with Crippen LogP contribution in [0.4, 0.5) is 0 Å². The molecule has 0 saturated heterocycles. The van der Waals surface area contributed by atoms with Crippen molar-refractivity contribution >= 4 is 11.9 Å². The Hall–Kier alpha value is -2.11. The summed E-state index contributed by atoms with van der Waals surface area (Å²) in [5, 5.41) is 11.3. The summed E-state index contributed by atoms with van der Waals surface area (Å²) in [6.07, 6.45) is 2.97. The number of aromatic amines is 1. The number of hydrogen-bond donors (Lipinski definition) is 3. The number of H-pyrrole nitrogens is 1. The van der Waals surface area contributed by atoms with Gasteiger partial charge in [-0.1, -0.05) is 13.8 Å². The van der Waals surface area contributed by atoms with E-state index >= 15 is 0 Å². The summed E-state index contributed by atoms with van der Waals surface area (Å²) in [5.74, 6) is -1.66. The Bertz CT molecular complexity index is 493. The van der Waals surface area contributed by atoms with E-state index in [1.807, 2.05) is 13.8 Å². The van der Waals surface area contributed by atoms with E-state index in [4.69, 9.17) is 5.11 Å². The maximum Gasteiger partial charge on any atom is 0.326 e. The van der Waals surface area contributed by atoms with E-state index in [0.29, 0.717) is 6.42 Å². The number of hydrogen-bond acceptors (Lipinski definition) is 3. The fourth-order valence-electron chi connectivity index (χ4n) is 1.52. The summed E-state index contributed by atoms with van der Waals surface area (Å²) >= 11 is 0. The van der Waals surface area contributed by atoms with Gasteiger partial charge < -0.3 is 15.4 Å². The number of carboxylic acid groups (broad SMARTS) is 1. The molecule has 0 aliphatic heterocycles. The van der Waals surface area contributed by atoms with E-state index in [2.05, 4.69) is 10.3 Å². The summed E-state index contributed by atoms with van der Waals surface area (Å²) in [7, 11) is 0. The number of rotatable bonds is 5. The van der Waals surface area contributed by atoms with Gasteiger partial charge in [-0.3, -0.25) is 9.59 Å². The number of carbonyl (C=O) groups excluding carboxylic acids is 1. The third-order valence-electron chi connectivity index (χ3n) is 2.38. The third-order valence-corrected chi connectivity index (χ3v) is 2.38. The number of pyridine rings is 1. The summed E-state index contributed by atoms with van der Waals surface area (Å²) in [5.41, 5.74) is -0.535. The second-order valence-electron chi connectivity index (χ2n) is 4.42. The molecule has 1 heterocycles. The zero-order valence-corrected chi connectivity index (χ0v) is 10.3. The molecule has 1 atom stereocenters. The standard InChI is InChI=1S/C12H16N2O4/c1-7(2)5-9(12(17)18)14-11(16)8-6-13-4-3-10(8)15/h3-4,6-7,9H,5H2,1-2H3,(H,13,15)(H,14,16)(H,17,18)/t9-/m1/s1. The van der Waals surface area contributed by atoms with Gasteiger partial charge in [0.2, 0.25) is 0 Å². The zero-order chi connectivity index (χ0) is 13.7. The molecule has 0 bridgehead atoms. The lowest BCUT2D eigenvalue weighted by Crippen LogP contribution is -2.43. The molecule has 98 valence electrons. The lowest BCUT2D eigenvalue weighted by Gasteiger charge is -2.16. The van der Waals surface area contributed by atoms with Crippen molar-refractivity contribution in [2.45, 2.75) is 26.3 Å². The first-order chi connectivity index (χ1) is 8.41. The zero-order valence-electron chi connectivity index (χ0n) is 10.3. The molecule has 0 aliphatic rings. The van der Waals surface area contributed by atoms with Gasteiger partial charge in [0.25, 0.3) is 5.91 Å². The summed E-state index contributed by atoms with van der Waals surface area (Å²) < 4.78 is 0. The van der Waals surface area contributed by atoms with E-state index < -0.39 is 23.3 Å². The average Bonchev–Trinajstić information content (AvgIpc) is 2.27. The van der Waals surface area contributed by atoms with E-state index in [-0.39, 0.29) is 11.5 Å². The Kier molecular flexibility index (Phi) is 4.65. The van der Waals surface area contributed by atoms with Gasteiger partial charge >= 0.3 is 5.97 Å². The minimum Gasteiger partial charge on any atom is -0.480 e. The Morgan fingerprint density at radius 1 is 1.44 bits per heavy atom. The van der Waals surface area contributed by atoms with Crippen molar-refractivity contribution in [3.63, 3.8) is 0 Å². The molecular weight excluding hydrogens is 236 g/mol. The van der Waals surface area contributed by atoms with Crippen molar-refractivity contribution in [1.82, 2.24) is 10.3 Å². The lowest BCUT2D eigenvalue weighted by molar-refractivity contribution is -0.139. The van der Waals surface area contributed by atoms with Crippen LogP contribution in [0.15, 0.2) is 23.3 Å². The van der Waals surface area contributed by atoms with E-state index in [1.54, 1.807) is 0 Å². The highest BCUT2D eigenvalue weighted by atomic mass is 16.4. The van der Waals surface area contributed by atoms with Gasteiger partial charge in [0, 0.05) is 18.5 Å². The van der Waals surface area contributed by atoms with Crippen LogP contribution in [0, 0.1) is 5.92 Å². The first-order valence-electron chi connectivity index (χ1n) is 5.62. The van der Waals surface area contributed by atoms with Crippen LogP contribution in [-0.2, 0) is 4.79 Å². The average molecular weight is 252 g/mol. The molecule has 0 saturated carbocycles. The molecule has 3 N–H and O–H groups in total. The molecule has 1 amide bonds. The lowest BCUT2D eigenvalue weighted by atomic mass is 10.0. The molecule has 0 spiro atoms. The quantitative estimate of drug-likeness (QED) is 0.714. The topological polar surface area (TPSA) is 99.3 Å². The normalized spacial score (nSPS) is 12.2. The van der Waals surface area contributed by atoms with Crippen LogP contribution in [0.5, 0.6) is 0 Å². The maximum absolute atomic E-state index is 11.8. The van der Waals surface area contributed by atoms with Crippen molar-refractivity contribution in [2.75, 3.05) is 0 Å². The molecule has 0 aromatic carbocycles. The minimum atomic E-state index is -1.11. The van der Waals surface area contributed by atoms with Gasteiger partial charge in [0.15, 0.2) is 5.43 Å². The van der Waals surface area contributed by atoms with Crippen LogP contribution < -0.4 is 10.7 Å². The summed E-state index contributed by atoms with van der Waals surface area (Å²) in [6, 6.07) is 0.227. The van der Waals surface area contributed by atoms with Crippen molar-refractivity contribution in [2.24, 2.45) is 5.92 Å². The first-order valence-corrected chi connectivity index (χ1v) is 5.62. The molecule has 0 fully saturated rings. The molecule has 1 aromatic heterocycles. The number of aliphatic carboxylic acids is 1. The van der Waals surface area contributed by atoms with Gasteiger partial charge in [-0.15, -0.1) is 0 Å². The number of nitrogens with one attached hydrogen (secondary N) is 2. The van der Waals surface area contributed by atoms with Crippen LogP contribution in [0.25, 0.3) is 0 Å². The molecule has 6 heteroatoms. The van der Waals surface area contributed by atoms with Gasteiger partial charge in [0.1, 0.15) is 11.6 Å². The molecule has 6 nitrogen and oxygen atoms in total. The second-order valence-corrected chi connectivity index (χ2v) is 4.42. The Balaban J connectivity index is 2.82. The molecule has 0 aliphatic carbocycles. The van der Waals surface area contributed by atoms with Gasteiger partial charge in [-0.25, -0.2) is 4.79 Å². The Morgan fingerprint density at radius 2 is 2.11 bits per heavy atom. The van der Waals surface area contributed by atoms with Gasteiger partial charge in [-0.05, 0) is 12.3 Å². The fraction of sp³-hybridized carbons (Fsp3) is 0.417. The fourth-order valence-corrected chi connectivity index (χ4v) is 1.52. The largest absolute Gasteiger partial charge is 0.480 e. The molecule has 1 rings (SSSR count). The van der Waals surface area contributed by atoms with Crippen molar-refractivity contribution in [1.29, 1.82) is 0 Å². The highest BCUT2D eigenvalue weighted by molar-refractivity contribution is 5.96. The number of carbonyl (C=O) groups is 2. The second kappa shape index (κ2) is 6.00. The molecular formula is C12H16N2O4. The monoisotopic (exact) mass is 252 g/mol. The maximum atomic E-state index is 11.8. The summed E-state index contributed by atoms with van der Waals surface area (Å²) in [4.78, 5) is 36.8. The van der Waals surface area contributed by atoms with E-state index in [0.717, 1.165) is 0 Å². The van der Waals surface area contributed by atoms with Crippen LogP contribution in [0.3, 0.4) is 0 Å². The van der Waals surface area contributed by atoms with E-state index in [1.165, 1.54) is 18.5 Å². The Morgan fingerprint density at radius 3 is 2.61 bits per heavy atom. The highest BCUT2D eigenvalue weighted by Gasteiger charge is 2.22. The van der Waals surface area contributed by atoms with Crippen molar-refractivity contribution in [3.8, 4) is 0 Å². The van der Waals surface area contributed by atoms with Crippen LogP contribution in [0.2, 0.25) is 0 Å². The SMILES string of the molecule is CC(C)C[C@@H](NC(=O)c1c[nH]ccc1=O)C(=O)O. The number of carboxylic acids is 1. The van der Waals surface area contributed by atoms with Crippen molar-refractivity contribution < 1.29 is 14.7 Å². The number of aromatic nitrogens is 1. The molecule has 0 unspecified atom stereocenters. The minimum absolute atomic E-state index is 0.0903. The van der Waals surface area contributed by atoms with Gasteiger partial charge in [-0.2, -0.15) is 0 Å². The van der Waals surface area contributed by atoms with Crippen LogP contribution in [0.1, 0.15) is 30.6 Å². The van der Waals surface area contributed by atoms with E-state index in [9.17, 15) is 14.4 Å². The highest BCUT2D eigenvalue weighted by Crippen LogP contribution is 2.05. The molecule has 1 aromatic rings. The molecule has 0 radical (unpaired) electrons. The molecule has 18 heavy (non-hydrogen) atoms. The summed E-state index contributed by atoms with van der Waals surface area (Å²) in [6.45, 7) is 3.72. The third kappa shape index (κ3) is 3.73. The van der Waals surface area contributed by atoms with Gasteiger partial charge in [0.05, 0.1) is 0 Å². The van der Waals surface area contributed by atoms with Crippen molar-refractivity contribution in [3.05, 3.63) is 34.2 Å². The number of amides is 1. The first kappa shape index (κ1) is 14.0. The van der Waals surface area contributed by atoms with Crippen LogP contribution >= 0.6 is 0 Å². The predicted octanol–water partition coefficient (Wildman–Crippen LogP) is 0.604. The predicted molar refractivity (Wildman–Crippen MR) is 65.4 cm³/mol.